The SMILES string of the molecule is CCC(C)(NCc1cnn(C)c1)C(=O)O. The molecule has 0 radical (unpaired) electrons. The number of hydrogen-bond donors (Lipinski definition) is 2. The third kappa shape index (κ3) is 2.79. The topological polar surface area (TPSA) is 67.2 Å². The molecule has 0 aliphatic heterocycles. The van der Waals surface area contributed by atoms with Crippen LogP contribution in [0.5, 0.6) is 0 Å². The number of hydrogen-bond acceptors (Lipinski definition) is 3. The molecule has 1 aromatic heterocycles. The lowest BCUT2D eigenvalue weighted by atomic mass is 9.99. The maximum Gasteiger partial charge on any atom is 0.323 e. The Morgan fingerprint density at radius 3 is 2.80 bits per heavy atom. The van der Waals surface area contributed by atoms with Gasteiger partial charge in [0.05, 0.1) is 6.20 Å². The molecule has 0 amide bonds. The van der Waals surface area contributed by atoms with Crippen molar-refractivity contribution in [2.45, 2.75) is 32.4 Å². The van der Waals surface area contributed by atoms with Gasteiger partial charge in [0.2, 0.25) is 0 Å². The van der Waals surface area contributed by atoms with Crippen LogP contribution in [0.15, 0.2) is 12.4 Å². The average molecular weight is 211 g/mol. The van der Waals surface area contributed by atoms with Crippen LogP contribution in [-0.2, 0) is 18.4 Å². The molecule has 2 N–H and O–H groups in total. The lowest BCUT2D eigenvalue weighted by Gasteiger charge is -2.24. The van der Waals surface area contributed by atoms with Gasteiger partial charge in [-0.3, -0.25) is 14.8 Å². The zero-order chi connectivity index (χ0) is 11.5. The second kappa shape index (κ2) is 4.44. The summed E-state index contributed by atoms with van der Waals surface area (Å²) in [5, 5.41) is 16.1. The molecule has 0 fully saturated rings. The predicted octanol–water partition coefficient (Wildman–Crippen LogP) is 0.763. The highest BCUT2D eigenvalue weighted by atomic mass is 16.4. The van der Waals surface area contributed by atoms with E-state index in [0.29, 0.717) is 13.0 Å². The number of rotatable bonds is 5. The van der Waals surface area contributed by atoms with Gasteiger partial charge in [-0.05, 0) is 13.3 Å². The molecular formula is C10H17N3O2. The Kier molecular flexibility index (Phi) is 3.47. The summed E-state index contributed by atoms with van der Waals surface area (Å²) < 4.78 is 1.70. The molecule has 84 valence electrons. The van der Waals surface area contributed by atoms with Crippen LogP contribution in [0.3, 0.4) is 0 Å². The summed E-state index contributed by atoms with van der Waals surface area (Å²) in [6.07, 6.45) is 4.14. The highest BCUT2D eigenvalue weighted by Gasteiger charge is 2.30. The standard InChI is InChI=1S/C10H17N3O2/c1-4-10(2,9(14)15)11-5-8-6-12-13(3)7-8/h6-7,11H,4-5H2,1-3H3,(H,14,15). The zero-order valence-corrected chi connectivity index (χ0v) is 9.32. The van der Waals surface area contributed by atoms with Crippen molar-refractivity contribution in [1.82, 2.24) is 15.1 Å². The Balaban J connectivity index is 2.59. The lowest BCUT2D eigenvalue weighted by molar-refractivity contribution is -0.144. The fourth-order valence-electron chi connectivity index (χ4n) is 1.21. The van der Waals surface area contributed by atoms with Crippen molar-refractivity contribution in [2.24, 2.45) is 7.05 Å². The Bertz CT molecular complexity index is 348. The highest BCUT2D eigenvalue weighted by Crippen LogP contribution is 2.10. The maximum absolute atomic E-state index is 11.0. The summed E-state index contributed by atoms with van der Waals surface area (Å²) in [6.45, 7) is 4.06. The number of nitrogens with zero attached hydrogens (tertiary/aromatic N) is 2. The molecule has 15 heavy (non-hydrogen) atoms. The van der Waals surface area contributed by atoms with Gasteiger partial charge in [-0.25, -0.2) is 0 Å². The van der Waals surface area contributed by atoms with Crippen LogP contribution in [-0.4, -0.2) is 26.4 Å². The van der Waals surface area contributed by atoms with Crippen LogP contribution in [0.25, 0.3) is 0 Å². The summed E-state index contributed by atoms with van der Waals surface area (Å²) in [5.74, 6) is -0.825. The van der Waals surface area contributed by atoms with Gasteiger partial charge in [-0.15, -0.1) is 0 Å². The van der Waals surface area contributed by atoms with E-state index in [1.54, 1.807) is 17.8 Å². The number of aliphatic carboxylic acids is 1. The van der Waals surface area contributed by atoms with E-state index in [1.165, 1.54) is 0 Å². The van der Waals surface area contributed by atoms with Gasteiger partial charge in [0.15, 0.2) is 0 Å². The van der Waals surface area contributed by atoms with E-state index in [1.807, 2.05) is 20.2 Å². The second-order valence-corrected chi connectivity index (χ2v) is 3.87. The minimum atomic E-state index is -0.865. The molecule has 1 heterocycles. The molecule has 0 aliphatic carbocycles. The van der Waals surface area contributed by atoms with E-state index in [2.05, 4.69) is 10.4 Å². The molecule has 0 aromatic carbocycles. The first-order valence-electron chi connectivity index (χ1n) is 4.94. The Labute approximate surface area is 89.1 Å². The van der Waals surface area contributed by atoms with E-state index in [9.17, 15) is 4.79 Å². The quantitative estimate of drug-likeness (QED) is 0.754. The molecule has 1 unspecified atom stereocenters. The maximum atomic E-state index is 11.0. The second-order valence-electron chi connectivity index (χ2n) is 3.87. The van der Waals surface area contributed by atoms with Gasteiger partial charge in [-0.2, -0.15) is 5.10 Å². The smallest absolute Gasteiger partial charge is 0.323 e. The number of carbonyl (C=O) groups is 1. The van der Waals surface area contributed by atoms with Gasteiger partial charge >= 0.3 is 5.97 Å². The van der Waals surface area contributed by atoms with Gasteiger partial charge in [0.25, 0.3) is 0 Å². The molecule has 5 heteroatoms. The zero-order valence-electron chi connectivity index (χ0n) is 9.32. The first-order chi connectivity index (χ1) is 6.98. The van der Waals surface area contributed by atoms with E-state index in [-0.39, 0.29) is 0 Å². The van der Waals surface area contributed by atoms with Gasteiger partial charge in [-0.1, -0.05) is 6.92 Å². The van der Waals surface area contributed by atoms with E-state index >= 15 is 0 Å². The molecule has 1 atom stereocenters. The summed E-state index contributed by atoms with van der Waals surface area (Å²) in [5.41, 5.74) is 0.119. The summed E-state index contributed by atoms with van der Waals surface area (Å²) in [4.78, 5) is 11.0. The predicted molar refractivity (Wildman–Crippen MR) is 56.4 cm³/mol. The molecule has 1 aromatic rings. The van der Waals surface area contributed by atoms with Gasteiger partial charge in [0, 0.05) is 25.4 Å². The Morgan fingerprint density at radius 1 is 1.73 bits per heavy atom. The van der Waals surface area contributed by atoms with Crippen molar-refractivity contribution in [3.05, 3.63) is 18.0 Å². The van der Waals surface area contributed by atoms with E-state index in [4.69, 9.17) is 5.11 Å². The van der Waals surface area contributed by atoms with Crippen LogP contribution < -0.4 is 5.32 Å². The molecule has 1 rings (SSSR count). The van der Waals surface area contributed by atoms with Crippen LogP contribution in [0.2, 0.25) is 0 Å². The Morgan fingerprint density at radius 2 is 2.40 bits per heavy atom. The van der Waals surface area contributed by atoms with Crippen molar-refractivity contribution in [3.63, 3.8) is 0 Å². The van der Waals surface area contributed by atoms with Gasteiger partial charge < -0.3 is 5.11 Å². The van der Waals surface area contributed by atoms with E-state index < -0.39 is 11.5 Å². The third-order valence-corrected chi connectivity index (χ3v) is 2.62. The number of nitrogens with one attached hydrogen (secondary N) is 1. The molecule has 0 saturated carbocycles. The normalized spacial score (nSPS) is 14.9. The van der Waals surface area contributed by atoms with Crippen LogP contribution in [0.1, 0.15) is 25.8 Å². The van der Waals surface area contributed by atoms with Crippen molar-refractivity contribution >= 4 is 5.97 Å². The average Bonchev–Trinajstić information content (AvgIpc) is 2.60. The number of carboxylic acids is 1. The summed E-state index contributed by atoms with van der Waals surface area (Å²) in [6, 6.07) is 0. The van der Waals surface area contributed by atoms with Crippen LogP contribution in [0, 0.1) is 0 Å². The van der Waals surface area contributed by atoms with Crippen molar-refractivity contribution in [3.8, 4) is 0 Å². The van der Waals surface area contributed by atoms with Crippen molar-refractivity contribution in [2.75, 3.05) is 0 Å². The number of aromatic nitrogens is 2. The van der Waals surface area contributed by atoms with Crippen LogP contribution >= 0.6 is 0 Å². The van der Waals surface area contributed by atoms with Crippen LogP contribution in [0.4, 0.5) is 0 Å². The van der Waals surface area contributed by atoms with E-state index in [0.717, 1.165) is 5.56 Å². The molecule has 0 spiro atoms. The highest BCUT2D eigenvalue weighted by molar-refractivity contribution is 5.78. The molecule has 5 nitrogen and oxygen atoms in total. The largest absolute Gasteiger partial charge is 0.480 e. The molecule has 0 saturated heterocycles. The number of aryl methyl sites for hydroxylation is 1. The lowest BCUT2D eigenvalue weighted by Crippen LogP contribution is -2.48. The molecule has 0 aliphatic rings. The minimum Gasteiger partial charge on any atom is -0.480 e. The molecular weight excluding hydrogens is 194 g/mol. The fourth-order valence-corrected chi connectivity index (χ4v) is 1.21. The third-order valence-electron chi connectivity index (χ3n) is 2.62. The monoisotopic (exact) mass is 211 g/mol. The van der Waals surface area contributed by atoms with Crippen molar-refractivity contribution < 1.29 is 9.90 Å². The minimum absolute atomic E-state index is 0.518. The fraction of sp³-hybridized carbons (Fsp3) is 0.600. The summed E-state index contributed by atoms with van der Waals surface area (Å²) >= 11 is 0. The summed E-state index contributed by atoms with van der Waals surface area (Å²) in [7, 11) is 1.83. The number of carboxylic acid groups (broad SMARTS) is 1. The van der Waals surface area contributed by atoms with Crippen molar-refractivity contribution in [1.29, 1.82) is 0 Å². The first-order valence-corrected chi connectivity index (χ1v) is 4.94. The first kappa shape index (κ1) is 11.7. The Hall–Kier alpha value is -1.36. The van der Waals surface area contributed by atoms with Gasteiger partial charge in [0.1, 0.15) is 5.54 Å². The molecule has 0 bridgehead atoms.